The molecule has 0 aliphatic heterocycles. The molecule has 0 atom stereocenters. The number of halogens is 1. The van der Waals surface area contributed by atoms with Crippen molar-refractivity contribution in [3.05, 3.63) is 74.3 Å². The summed E-state index contributed by atoms with van der Waals surface area (Å²) in [6.07, 6.45) is 0. The molecule has 0 bridgehead atoms. The number of benzene rings is 2. The number of rotatable bonds is 8. The first-order valence-corrected chi connectivity index (χ1v) is 6.98. The lowest BCUT2D eigenvalue weighted by atomic mass is 10.2. The molecule has 0 spiro atoms. The molecule has 2 aromatic rings. The Morgan fingerprint density at radius 3 is 1.79 bits per heavy atom. The van der Waals surface area contributed by atoms with Crippen LogP contribution in [0.3, 0.4) is 0 Å². The van der Waals surface area contributed by atoms with Crippen molar-refractivity contribution in [2.24, 2.45) is 0 Å². The van der Waals surface area contributed by atoms with Gasteiger partial charge in [0.25, 0.3) is 11.4 Å². The van der Waals surface area contributed by atoms with Gasteiger partial charge in [-0.15, -0.1) is 12.4 Å². The minimum Gasteiger partial charge on any atom is -0.384 e. The normalized spacial score (nSPS) is 9.83. The number of nitro benzene ring substituents is 2. The largest absolute Gasteiger partial charge is 0.384 e. The second-order valence-electron chi connectivity index (χ2n) is 4.83. The molecular weight excluding hydrogens is 336 g/mol. The zero-order valence-corrected chi connectivity index (χ0v) is 13.5. The SMILES string of the molecule is Cl.O=[N+]([O-])c1ccc(CNCCNc2ccc([N+](=O)[O-])cc2)cc1. The van der Waals surface area contributed by atoms with Crippen molar-refractivity contribution >= 4 is 29.5 Å². The summed E-state index contributed by atoms with van der Waals surface area (Å²) in [6.45, 7) is 1.96. The van der Waals surface area contributed by atoms with Crippen LogP contribution in [-0.4, -0.2) is 22.9 Å². The van der Waals surface area contributed by atoms with E-state index in [1.807, 2.05) is 0 Å². The Balaban J connectivity index is 0.00000288. The van der Waals surface area contributed by atoms with E-state index in [0.717, 1.165) is 11.3 Å². The first-order chi connectivity index (χ1) is 11.1. The third kappa shape index (κ3) is 5.82. The number of nitrogens with one attached hydrogen (secondary N) is 2. The molecule has 8 nitrogen and oxygen atoms in total. The summed E-state index contributed by atoms with van der Waals surface area (Å²) in [6, 6.07) is 12.6. The Kier molecular flexibility index (Phi) is 7.60. The predicted molar refractivity (Wildman–Crippen MR) is 93.6 cm³/mol. The molecule has 0 aromatic heterocycles. The first kappa shape index (κ1) is 19.3. The monoisotopic (exact) mass is 352 g/mol. The van der Waals surface area contributed by atoms with Crippen molar-refractivity contribution < 1.29 is 9.85 Å². The summed E-state index contributed by atoms with van der Waals surface area (Å²) in [5.74, 6) is 0. The predicted octanol–water partition coefficient (Wildman–Crippen LogP) is 3.13. The van der Waals surface area contributed by atoms with Gasteiger partial charge in [0, 0.05) is 49.6 Å². The van der Waals surface area contributed by atoms with E-state index in [4.69, 9.17) is 0 Å². The van der Waals surface area contributed by atoms with E-state index in [0.29, 0.717) is 19.6 Å². The molecule has 0 amide bonds. The third-order valence-electron chi connectivity index (χ3n) is 3.19. The topological polar surface area (TPSA) is 110 Å². The zero-order chi connectivity index (χ0) is 16.7. The van der Waals surface area contributed by atoms with Gasteiger partial charge in [0.05, 0.1) is 9.85 Å². The fraction of sp³-hybridized carbons (Fsp3) is 0.200. The average molecular weight is 353 g/mol. The zero-order valence-electron chi connectivity index (χ0n) is 12.7. The van der Waals surface area contributed by atoms with Crippen LogP contribution in [0.25, 0.3) is 0 Å². The Bertz CT molecular complexity index is 617. The van der Waals surface area contributed by atoms with E-state index < -0.39 is 9.85 Å². The van der Waals surface area contributed by atoms with Gasteiger partial charge in [0.15, 0.2) is 0 Å². The molecular formula is C15H17ClN4O4. The summed E-state index contributed by atoms with van der Waals surface area (Å²) in [4.78, 5) is 20.2. The summed E-state index contributed by atoms with van der Waals surface area (Å²) in [5, 5.41) is 27.4. The smallest absolute Gasteiger partial charge is 0.269 e. The van der Waals surface area contributed by atoms with Gasteiger partial charge in [-0.05, 0) is 17.7 Å². The van der Waals surface area contributed by atoms with E-state index in [9.17, 15) is 20.2 Å². The van der Waals surface area contributed by atoms with Crippen LogP contribution in [0, 0.1) is 20.2 Å². The molecule has 0 saturated carbocycles. The van der Waals surface area contributed by atoms with Gasteiger partial charge in [-0.25, -0.2) is 0 Å². The molecule has 128 valence electrons. The molecule has 0 radical (unpaired) electrons. The van der Waals surface area contributed by atoms with Crippen LogP contribution in [0.1, 0.15) is 5.56 Å². The van der Waals surface area contributed by atoms with Crippen LogP contribution in [0.15, 0.2) is 48.5 Å². The Labute approximate surface area is 144 Å². The third-order valence-corrected chi connectivity index (χ3v) is 3.19. The van der Waals surface area contributed by atoms with E-state index in [2.05, 4.69) is 10.6 Å². The van der Waals surface area contributed by atoms with Gasteiger partial charge in [-0.2, -0.15) is 0 Å². The quantitative estimate of drug-likeness (QED) is 0.429. The van der Waals surface area contributed by atoms with E-state index in [-0.39, 0.29) is 23.8 Å². The van der Waals surface area contributed by atoms with Crippen LogP contribution in [0.5, 0.6) is 0 Å². The minimum atomic E-state index is -0.435. The van der Waals surface area contributed by atoms with Crippen LogP contribution < -0.4 is 10.6 Å². The maximum atomic E-state index is 10.5. The van der Waals surface area contributed by atoms with Crippen LogP contribution in [0.2, 0.25) is 0 Å². The fourth-order valence-electron chi connectivity index (χ4n) is 1.96. The second kappa shape index (κ2) is 9.43. The van der Waals surface area contributed by atoms with Crippen LogP contribution >= 0.6 is 12.4 Å². The molecule has 2 aromatic carbocycles. The van der Waals surface area contributed by atoms with Crippen molar-refractivity contribution in [1.82, 2.24) is 5.32 Å². The first-order valence-electron chi connectivity index (χ1n) is 6.98. The molecule has 0 aliphatic rings. The highest BCUT2D eigenvalue weighted by molar-refractivity contribution is 5.85. The van der Waals surface area contributed by atoms with Gasteiger partial charge in [0.2, 0.25) is 0 Å². The van der Waals surface area contributed by atoms with Gasteiger partial charge >= 0.3 is 0 Å². The highest BCUT2D eigenvalue weighted by Crippen LogP contribution is 2.15. The highest BCUT2D eigenvalue weighted by Gasteiger charge is 2.04. The van der Waals surface area contributed by atoms with E-state index >= 15 is 0 Å². The maximum absolute atomic E-state index is 10.5. The summed E-state index contributed by atoms with van der Waals surface area (Å²) >= 11 is 0. The molecule has 0 saturated heterocycles. The number of nitrogens with zero attached hydrogens (tertiary/aromatic N) is 2. The molecule has 0 aliphatic carbocycles. The number of nitro groups is 2. The number of hydrogen-bond donors (Lipinski definition) is 2. The molecule has 24 heavy (non-hydrogen) atoms. The van der Waals surface area contributed by atoms with E-state index in [1.54, 1.807) is 24.3 Å². The molecule has 2 N–H and O–H groups in total. The lowest BCUT2D eigenvalue weighted by molar-refractivity contribution is -0.385. The number of non-ortho nitro benzene ring substituents is 2. The highest BCUT2D eigenvalue weighted by atomic mass is 35.5. The second-order valence-corrected chi connectivity index (χ2v) is 4.83. The molecule has 0 unspecified atom stereocenters. The van der Waals surface area contributed by atoms with Gasteiger partial charge in [-0.3, -0.25) is 20.2 Å². The van der Waals surface area contributed by atoms with Gasteiger partial charge in [-0.1, -0.05) is 12.1 Å². The summed E-state index contributed by atoms with van der Waals surface area (Å²) < 4.78 is 0. The maximum Gasteiger partial charge on any atom is 0.269 e. The Morgan fingerprint density at radius 1 is 0.792 bits per heavy atom. The van der Waals surface area contributed by atoms with Gasteiger partial charge < -0.3 is 10.6 Å². The summed E-state index contributed by atoms with van der Waals surface area (Å²) in [5.41, 5.74) is 1.92. The van der Waals surface area contributed by atoms with Crippen LogP contribution in [-0.2, 0) is 6.54 Å². The van der Waals surface area contributed by atoms with E-state index in [1.165, 1.54) is 24.3 Å². The molecule has 0 heterocycles. The van der Waals surface area contributed by atoms with Crippen molar-refractivity contribution in [1.29, 1.82) is 0 Å². The van der Waals surface area contributed by atoms with Crippen LogP contribution in [0.4, 0.5) is 17.1 Å². The standard InChI is InChI=1S/C15H16N4O4.ClH/c20-18(21)14-5-1-12(2-6-14)11-16-9-10-17-13-3-7-15(8-4-13)19(22)23;/h1-8,16-17H,9-11H2;1H. The lowest BCUT2D eigenvalue weighted by Crippen LogP contribution is -2.21. The van der Waals surface area contributed by atoms with Crippen molar-refractivity contribution in [2.75, 3.05) is 18.4 Å². The Hall–Kier alpha value is -2.71. The van der Waals surface area contributed by atoms with Crippen molar-refractivity contribution in [3.63, 3.8) is 0 Å². The molecule has 9 heteroatoms. The average Bonchev–Trinajstić information content (AvgIpc) is 2.55. The number of hydrogen-bond acceptors (Lipinski definition) is 6. The Morgan fingerprint density at radius 2 is 1.29 bits per heavy atom. The van der Waals surface area contributed by atoms with Crippen molar-refractivity contribution in [3.8, 4) is 0 Å². The fourth-order valence-corrected chi connectivity index (χ4v) is 1.96. The minimum absolute atomic E-state index is 0. The molecule has 0 fully saturated rings. The lowest BCUT2D eigenvalue weighted by Gasteiger charge is -2.08. The number of anilines is 1. The summed E-state index contributed by atoms with van der Waals surface area (Å²) in [7, 11) is 0. The van der Waals surface area contributed by atoms with Crippen molar-refractivity contribution in [2.45, 2.75) is 6.54 Å². The molecule has 2 rings (SSSR count). The van der Waals surface area contributed by atoms with Gasteiger partial charge in [0.1, 0.15) is 0 Å².